The van der Waals surface area contributed by atoms with E-state index in [0.29, 0.717) is 25.3 Å². The molecule has 1 aromatic rings. The standard InChI is InChI=1S/C15H23N3O3/c1-10-7-11(2)18(17-10)9-14(19)16-8-12-3-5-13(6-4-12)15(20)21/h7,12-13H,3-6,8-9H2,1-2H3,(H,16,19)(H,20,21). The number of amides is 1. The van der Waals surface area contributed by atoms with Gasteiger partial charge >= 0.3 is 5.97 Å². The van der Waals surface area contributed by atoms with E-state index >= 15 is 0 Å². The fourth-order valence-corrected chi connectivity index (χ4v) is 2.90. The first kappa shape index (κ1) is 15.5. The molecular weight excluding hydrogens is 270 g/mol. The monoisotopic (exact) mass is 293 g/mol. The number of nitrogens with one attached hydrogen (secondary N) is 1. The van der Waals surface area contributed by atoms with Crippen LogP contribution in [-0.2, 0) is 16.1 Å². The molecule has 2 N–H and O–H groups in total. The van der Waals surface area contributed by atoms with Crippen molar-refractivity contribution in [2.24, 2.45) is 11.8 Å². The summed E-state index contributed by atoms with van der Waals surface area (Å²) in [6.45, 7) is 4.71. The third-order valence-electron chi connectivity index (χ3n) is 4.18. The number of aromatic nitrogens is 2. The van der Waals surface area contributed by atoms with Crippen molar-refractivity contribution in [3.8, 4) is 0 Å². The minimum absolute atomic E-state index is 0.0402. The average Bonchev–Trinajstić information content (AvgIpc) is 2.75. The maximum absolute atomic E-state index is 11.9. The zero-order valence-electron chi connectivity index (χ0n) is 12.6. The summed E-state index contributed by atoms with van der Waals surface area (Å²) < 4.78 is 1.70. The van der Waals surface area contributed by atoms with E-state index in [-0.39, 0.29) is 18.4 Å². The molecule has 6 nitrogen and oxygen atoms in total. The number of carboxylic acids is 1. The Labute approximate surface area is 124 Å². The summed E-state index contributed by atoms with van der Waals surface area (Å²) in [4.78, 5) is 22.8. The van der Waals surface area contributed by atoms with E-state index < -0.39 is 5.97 Å². The van der Waals surface area contributed by atoms with Gasteiger partial charge in [-0.05, 0) is 51.5 Å². The summed E-state index contributed by atoms with van der Waals surface area (Å²) in [6.07, 6.45) is 3.18. The van der Waals surface area contributed by atoms with Crippen molar-refractivity contribution in [3.05, 3.63) is 17.5 Å². The summed E-state index contributed by atoms with van der Waals surface area (Å²) in [5, 5.41) is 16.2. The summed E-state index contributed by atoms with van der Waals surface area (Å²) >= 11 is 0. The van der Waals surface area contributed by atoms with Gasteiger partial charge in [0, 0.05) is 12.2 Å². The lowest BCUT2D eigenvalue weighted by Crippen LogP contribution is -2.34. The molecule has 0 bridgehead atoms. The predicted molar refractivity (Wildman–Crippen MR) is 77.8 cm³/mol. The van der Waals surface area contributed by atoms with E-state index in [0.717, 1.165) is 24.2 Å². The number of carbonyl (C=O) groups excluding carboxylic acids is 1. The van der Waals surface area contributed by atoms with Crippen LogP contribution in [0.3, 0.4) is 0 Å². The second kappa shape index (κ2) is 6.74. The van der Waals surface area contributed by atoms with Gasteiger partial charge in [0.2, 0.25) is 5.91 Å². The summed E-state index contributed by atoms with van der Waals surface area (Å²) in [7, 11) is 0. The van der Waals surface area contributed by atoms with Crippen LogP contribution in [0.4, 0.5) is 0 Å². The van der Waals surface area contributed by atoms with Crippen LogP contribution in [0.25, 0.3) is 0 Å². The zero-order chi connectivity index (χ0) is 15.4. The van der Waals surface area contributed by atoms with E-state index in [4.69, 9.17) is 5.11 Å². The van der Waals surface area contributed by atoms with Crippen molar-refractivity contribution >= 4 is 11.9 Å². The first-order valence-corrected chi connectivity index (χ1v) is 7.46. The smallest absolute Gasteiger partial charge is 0.306 e. The lowest BCUT2D eigenvalue weighted by Gasteiger charge is -2.26. The third kappa shape index (κ3) is 4.31. The zero-order valence-corrected chi connectivity index (χ0v) is 12.6. The molecule has 1 heterocycles. The summed E-state index contributed by atoms with van der Waals surface area (Å²) in [5.41, 5.74) is 1.89. The van der Waals surface area contributed by atoms with Gasteiger partial charge in [-0.2, -0.15) is 5.10 Å². The van der Waals surface area contributed by atoms with Crippen LogP contribution in [0.1, 0.15) is 37.1 Å². The van der Waals surface area contributed by atoms with Crippen LogP contribution in [0.5, 0.6) is 0 Å². The molecule has 1 aromatic heterocycles. The Morgan fingerprint density at radius 2 is 2.00 bits per heavy atom. The minimum atomic E-state index is -0.693. The third-order valence-corrected chi connectivity index (χ3v) is 4.18. The fourth-order valence-electron chi connectivity index (χ4n) is 2.90. The predicted octanol–water partition coefficient (Wildman–Crippen LogP) is 1.51. The van der Waals surface area contributed by atoms with Gasteiger partial charge in [-0.1, -0.05) is 0 Å². The van der Waals surface area contributed by atoms with E-state index in [2.05, 4.69) is 10.4 Å². The van der Waals surface area contributed by atoms with Crippen LogP contribution >= 0.6 is 0 Å². The molecule has 1 fully saturated rings. The topological polar surface area (TPSA) is 84.2 Å². The van der Waals surface area contributed by atoms with Crippen LogP contribution < -0.4 is 5.32 Å². The Morgan fingerprint density at radius 1 is 1.33 bits per heavy atom. The second-order valence-electron chi connectivity index (χ2n) is 5.94. The Kier molecular flexibility index (Phi) is 4.98. The summed E-state index contributed by atoms with van der Waals surface area (Å²) in [5.74, 6) is -0.541. The van der Waals surface area contributed by atoms with E-state index in [1.165, 1.54) is 0 Å². The molecule has 21 heavy (non-hydrogen) atoms. The highest BCUT2D eigenvalue weighted by Crippen LogP contribution is 2.28. The molecule has 0 unspecified atom stereocenters. The van der Waals surface area contributed by atoms with E-state index in [1.807, 2.05) is 19.9 Å². The number of aliphatic carboxylic acids is 1. The Balaban J connectivity index is 1.72. The van der Waals surface area contributed by atoms with Gasteiger partial charge in [0.25, 0.3) is 0 Å². The number of aryl methyl sites for hydroxylation is 2. The Hall–Kier alpha value is -1.85. The van der Waals surface area contributed by atoms with Gasteiger partial charge in [0.05, 0.1) is 11.6 Å². The average molecular weight is 293 g/mol. The highest BCUT2D eigenvalue weighted by Gasteiger charge is 2.25. The fraction of sp³-hybridized carbons (Fsp3) is 0.667. The van der Waals surface area contributed by atoms with Gasteiger partial charge in [0.15, 0.2) is 0 Å². The van der Waals surface area contributed by atoms with E-state index in [9.17, 15) is 9.59 Å². The highest BCUT2D eigenvalue weighted by atomic mass is 16.4. The van der Waals surface area contributed by atoms with Crippen LogP contribution in [0.15, 0.2) is 6.07 Å². The molecule has 0 aromatic carbocycles. The molecule has 0 spiro atoms. The maximum atomic E-state index is 11.9. The van der Waals surface area contributed by atoms with Gasteiger partial charge in [-0.15, -0.1) is 0 Å². The number of carbonyl (C=O) groups is 2. The number of carboxylic acid groups (broad SMARTS) is 1. The summed E-state index contributed by atoms with van der Waals surface area (Å²) in [6, 6.07) is 1.94. The maximum Gasteiger partial charge on any atom is 0.306 e. The van der Waals surface area contributed by atoms with Crippen LogP contribution in [-0.4, -0.2) is 33.3 Å². The first-order valence-electron chi connectivity index (χ1n) is 7.46. The molecule has 6 heteroatoms. The highest BCUT2D eigenvalue weighted by molar-refractivity contribution is 5.75. The molecule has 1 aliphatic carbocycles. The molecule has 116 valence electrons. The van der Waals surface area contributed by atoms with Gasteiger partial charge < -0.3 is 10.4 Å². The van der Waals surface area contributed by atoms with Gasteiger partial charge in [-0.3, -0.25) is 14.3 Å². The lowest BCUT2D eigenvalue weighted by atomic mass is 9.82. The molecule has 0 aliphatic heterocycles. The number of hydrogen-bond acceptors (Lipinski definition) is 3. The Bertz CT molecular complexity index is 516. The molecule has 1 saturated carbocycles. The molecule has 1 amide bonds. The molecule has 2 rings (SSSR count). The van der Waals surface area contributed by atoms with Crippen LogP contribution in [0, 0.1) is 25.7 Å². The molecule has 0 radical (unpaired) electrons. The largest absolute Gasteiger partial charge is 0.481 e. The lowest BCUT2D eigenvalue weighted by molar-refractivity contribution is -0.143. The van der Waals surface area contributed by atoms with Crippen molar-refractivity contribution < 1.29 is 14.7 Å². The van der Waals surface area contributed by atoms with Crippen molar-refractivity contribution in [2.45, 2.75) is 46.1 Å². The number of rotatable bonds is 5. The quantitative estimate of drug-likeness (QED) is 0.862. The van der Waals surface area contributed by atoms with Gasteiger partial charge in [-0.25, -0.2) is 0 Å². The van der Waals surface area contributed by atoms with Gasteiger partial charge in [0.1, 0.15) is 6.54 Å². The minimum Gasteiger partial charge on any atom is -0.481 e. The first-order chi connectivity index (χ1) is 9.95. The van der Waals surface area contributed by atoms with Crippen molar-refractivity contribution in [1.29, 1.82) is 0 Å². The van der Waals surface area contributed by atoms with Crippen molar-refractivity contribution in [1.82, 2.24) is 15.1 Å². The van der Waals surface area contributed by atoms with Crippen molar-refractivity contribution in [3.63, 3.8) is 0 Å². The Morgan fingerprint density at radius 3 is 2.52 bits per heavy atom. The number of nitrogens with zero attached hydrogens (tertiary/aromatic N) is 2. The van der Waals surface area contributed by atoms with Crippen LogP contribution in [0.2, 0.25) is 0 Å². The normalized spacial score (nSPS) is 22.0. The molecular formula is C15H23N3O3. The number of hydrogen-bond donors (Lipinski definition) is 2. The van der Waals surface area contributed by atoms with E-state index in [1.54, 1.807) is 4.68 Å². The second-order valence-corrected chi connectivity index (χ2v) is 5.94. The molecule has 0 atom stereocenters. The van der Waals surface area contributed by atoms with Crippen molar-refractivity contribution in [2.75, 3.05) is 6.54 Å². The molecule has 1 aliphatic rings. The SMILES string of the molecule is Cc1cc(C)n(CC(=O)NCC2CCC(C(=O)O)CC2)n1. The molecule has 0 saturated heterocycles.